The highest BCUT2D eigenvalue weighted by molar-refractivity contribution is 7.98. The van der Waals surface area contributed by atoms with E-state index in [0.717, 1.165) is 10.6 Å². The molecular weight excluding hydrogens is 466 g/mol. The highest BCUT2D eigenvalue weighted by Gasteiger charge is 2.28. The minimum Gasteiger partial charge on any atom is -0.351 e. The molecule has 0 spiro atoms. The van der Waals surface area contributed by atoms with Gasteiger partial charge in [-0.2, -0.15) is 4.68 Å². The molecule has 0 radical (unpaired) electrons. The van der Waals surface area contributed by atoms with Gasteiger partial charge in [-0.05, 0) is 41.6 Å². The maximum Gasteiger partial charge on any atom is 0.292 e. The van der Waals surface area contributed by atoms with E-state index in [1.54, 1.807) is 27.5 Å². The molecule has 0 unspecified atom stereocenters. The molecule has 1 aliphatic rings. The molecule has 0 bridgehead atoms. The van der Waals surface area contributed by atoms with Gasteiger partial charge in [-0.3, -0.25) is 9.59 Å². The molecular formula is C24H23N7O3S. The summed E-state index contributed by atoms with van der Waals surface area (Å²) >= 11 is 1.52. The minimum absolute atomic E-state index is 0.0571. The first-order valence-electron chi connectivity index (χ1n) is 11.2. The van der Waals surface area contributed by atoms with Crippen molar-refractivity contribution >= 4 is 23.6 Å². The Balaban J connectivity index is 1.24. The van der Waals surface area contributed by atoms with Crippen molar-refractivity contribution in [3.63, 3.8) is 0 Å². The van der Waals surface area contributed by atoms with Gasteiger partial charge >= 0.3 is 0 Å². The Labute approximate surface area is 205 Å². The summed E-state index contributed by atoms with van der Waals surface area (Å²) in [6.45, 7) is 3.54. The van der Waals surface area contributed by atoms with Crippen molar-refractivity contribution in [1.82, 2.24) is 35.2 Å². The third-order valence-corrected chi connectivity index (χ3v) is 6.77. The molecule has 3 heterocycles. The molecule has 0 saturated carbocycles. The van der Waals surface area contributed by atoms with Crippen LogP contribution >= 0.6 is 11.8 Å². The van der Waals surface area contributed by atoms with Crippen LogP contribution in [-0.2, 0) is 5.75 Å². The van der Waals surface area contributed by atoms with Crippen molar-refractivity contribution in [3.05, 3.63) is 83.5 Å². The van der Waals surface area contributed by atoms with Gasteiger partial charge in [0.2, 0.25) is 5.76 Å². The lowest BCUT2D eigenvalue weighted by atomic mass is 10.1. The molecule has 1 aliphatic heterocycles. The van der Waals surface area contributed by atoms with E-state index in [1.165, 1.54) is 11.8 Å². The number of hydrogen-bond acceptors (Lipinski definition) is 8. The van der Waals surface area contributed by atoms with Crippen molar-refractivity contribution in [3.8, 4) is 5.69 Å². The first-order chi connectivity index (χ1) is 17.1. The second kappa shape index (κ2) is 10.1. The molecule has 35 heavy (non-hydrogen) atoms. The van der Waals surface area contributed by atoms with E-state index in [0.29, 0.717) is 49.0 Å². The van der Waals surface area contributed by atoms with Crippen LogP contribution in [-0.4, -0.2) is 73.2 Å². The zero-order valence-electron chi connectivity index (χ0n) is 19.1. The highest BCUT2D eigenvalue weighted by atomic mass is 32.2. The number of thioether (sulfide) groups is 1. The number of amides is 2. The number of tetrazole rings is 1. The van der Waals surface area contributed by atoms with Crippen LogP contribution in [0.4, 0.5) is 0 Å². The minimum atomic E-state index is -0.204. The number of benzene rings is 2. The van der Waals surface area contributed by atoms with Gasteiger partial charge in [0.1, 0.15) is 0 Å². The van der Waals surface area contributed by atoms with Gasteiger partial charge in [0.05, 0.1) is 22.7 Å². The normalized spacial score (nSPS) is 13.7. The van der Waals surface area contributed by atoms with Gasteiger partial charge in [0, 0.05) is 37.1 Å². The molecule has 0 N–H and O–H groups in total. The fourth-order valence-corrected chi connectivity index (χ4v) is 4.83. The maximum atomic E-state index is 13.4. The fraction of sp³-hybridized carbons (Fsp3) is 0.250. The van der Waals surface area contributed by atoms with Gasteiger partial charge in [-0.1, -0.05) is 35.5 Å². The van der Waals surface area contributed by atoms with Crippen LogP contribution in [0.1, 0.15) is 32.4 Å². The second-order valence-electron chi connectivity index (χ2n) is 8.04. The number of carbonyl (C=O) groups is 2. The molecule has 0 atom stereocenters. The molecule has 1 saturated heterocycles. The first kappa shape index (κ1) is 22.8. The number of para-hydroxylation sites is 1. The van der Waals surface area contributed by atoms with Crippen LogP contribution in [0.3, 0.4) is 0 Å². The lowest BCUT2D eigenvalue weighted by Crippen LogP contribution is -2.50. The fourth-order valence-electron chi connectivity index (χ4n) is 3.88. The van der Waals surface area contributed by atoms with Crippen LogP contribution in [0.25, 0.3) is 5.69 Å². The molecule has 1 fully saturated rings. The smallest absolute Gasteiger partial charge is 0.292 e. The van der Waals surface area contributed by atoms with Crippen LogP contribution in [0.2, 0.25) is 0 Å². The van der Waals surface area contributed by atoms with E-state index in [1.807, 2.05) is 54.6 Å². The quantitative estimate of drug-likeness (QED) is 0.380. The standard InChI is InChI=1S/C24H23N7O3S/c1-17-15-20(34-26-17)24(33)30-13-11-29(12-14-30)23(32)19-9-5-6-10-21(19)35-16-22-25-27-28-31(22)18-7-3-2-4-8-18/h2-10,15H,11-14,16H2,1H3. The van der Waals surface area contributed by atoms with E-state index >= 15 is 0 Å². The predicted octanol–water partition coefficient (Wildman–Crippen LogP) is 2.85. The zero-order chi connectivity index (χ0) is 24.2. The molecule has 2 amide bonds. The Morgan fingerprint density at radius 3 is 2.34 bits per heavy atom. The molecule has 2 aromatic carbocycles. The zero-order valence-corrected chi connectivity index (χ0v) is 19.9. The van der Waals surface area contributed by atoms with Gasteiger partial charge in [-0.25, -0.2) is 0 Å². The Morgan fingerprint density at radius 2 is 1.63 bits per heavy atom. The van der Waals surface area contributed by atoms with Gasteiger partial charge in [0.25, 0.3) is 11.8 Å². The molecule has 11 heteroatoms. The number of rotatable bonds is 6. The maximum absolute atomic E-state index is 13.4. The van der Waals surface area contributed by atoms with E-state index in [2.05, 4.69) is 20.7 Å². The van der Waals surface area contributed by atoms with Crippen LogP contribution in [0, 0.1) is 6.92 Å². The lowest BCUT2D eigenvalue weighted by molar-refractivity contribution is 0.0511. The molecule has 2 aromatic heterocycles. The Morgan fingerprint density at radius 1 is 0.943 bits per heavy atom. The van der Waals surface area contributed by atoms with E-state index in [9.17, 15) is 9.59 Å². The van der Waals surface area contributed by atoms with E-state index < -0.39 is 0 Å². The van der Waals surface area contributed by atoms with Gasteiger partial charge in [0.15, 0.2) is 5.82 Å². The Kier molecular flexibility index (Phi) is 6.57. The largest absolute Gasteiger partial charge is 0.351 e. The number of nitrogens with zero attached hydrogens (tertiary/aromatic N) is 7. The van der Waals surface area contributed by atoms with Crippen molar-refractivity contribution in [2.75, 3.05) is 26.2 Å². The van der Waals surface area contributed by atoms with Gasteiger partial charge < -0.3 is 14.3 Å². The van der Waals surface area contributed by atoms with Gasteiger partial charge in [-0.15, -0.1) is 16.9 Å². The molecule has 5 rings (SSSR count). The topological polar surface area (TPSA) is 110 Å². The highest BCUT2D eigenvalue weighted by Crippen LogP contribution is 2.27. The van der Waals surface area contributed by atoms with E-state index in [4.69, 9.17) is 4.52 Å². The predicted molar refractivity (Wildman–Crippen MR) is 128 cm³/mol. The second-order valence-corrected chi connectivity index (χ2v) is 9.06. The summed E-state index contributed by atoms with van der Waals surface area (Å²) in [7, 11) is 0. The van der Waals surface area contributed by atoms with Crippen molar-refractivity contribution in [2.45, 2.75) is 17.6 Å². The number of piperazine rings is 1. The Hall–Kier alpha value is -3.99. The summed E-state index contributed by atoms with van der Waals surface area (Å²) in [6.07, 6.45) is 0. The van der Waals surface area contributed by atoms with Crippen LogP contribution < -0.4 is 0 Å². The monoisotopic (exact) mass is 489 g/mol. The number of aryl methyl sites for hydroxylation is 1. The van der Waals surface area contributed by atoms with Crippen molar-refractivity contribution in [1.29, 1.82) is 0 Å². The third-order valence-electron chi connectivity index (χ3n) is 5.70. The number of hydrogen-bond donors (Lipinski definition) is 0. The molecule has 0 aliphatic carbocycles. The molecule has 10 nitrogen and oxygen atoms in total. The molecule has 4 aromatic rings. The number of carbonyl (C=O) groups excluding carboxylic acids is 2. The van der Waals surface area contributed by atoms with Crippen molar-refractivity contribution < 1.29 is 14.1 Å². The molecule has 178 valence electrons. The Bertz CT molecular complexity index is 1330. The summed E-state index contributed by atoms with van der Waals surface area (Å²) in [5, 5.41) is 15.9. The third kappa shape index (κ3) is 4.94. The first-order valence-corrected chi connectivity index (χ1v) is 12.1. The number of aromatic nitrogens is 5. The van der Waals surface area contributed by atoms with Crippen molar-refractivity contribution in [2.24, 2.45) is 0 Å². The van der Waals surface area contributed by atoms with E-state index in [-0.39, 0.29) is 17.6 Å². The lowest BCUT2D eigenvalue weighted by Gasteiger charge is -2.34. The summed E-state index contributed by atoms with van der Waals surface area (Å²) in [5.41, 5.74) is 2.17. The SMILES string of the molecule is Cc1cc(C(=O)N2CCN(C(=O)c3ccccc3SCc3nnnn3-c3ccccc3)CC2)on1. The van der Waals surface area contributed by atoms with Crippen LogP contribution in [0.5, 0.6) is 0 Å². The van der Waals surface area contributed by atoms with Crippen LogP contribution in [0.15, 0.2) is 70.1 Å². The average Bonchev–Trinajstić information content (AvgIpc) is 3.56. The summed E-state index contributed by atoms with van der Waals surface area (Å²) in [6, 6.07) is 18.8. The summed E-state index contributed by atoms with van der Waals surface area (Å²) < 4.78 is 6.79. The average molecular weight is 490 g/mol. The summed E-state index contributed by atoms with van der Waals surface area (Å²) in [5.74, 6) is 1.16. The summed E-state index contributed by atoms with van der Waals surface area (Å²) in [4.78, 5) is 30.3.